The lowest BCUT2D eigenvalue weighted by molar-refractivity contribution is -0.144. The van der Waals surface area contributed by atoms with Gasteiger partial charge in [-0.05, 0) is 48.7 Å². The highest BCUT2D eigenvalue weighted by Crippen LogP contribution is 2.39. The lowest BCUT2D eigenvalue weighted by Gasteiger charge is -2.38. The molecule has 0 aliphatic carbocycles. The number of aliphatic carboxylic acids is 1. The minimum atomic E-state index is -0.980. The van der Waals surface area contributed by atoms with Crippen LogP contribution in [0.2, 0.25) is 0 Å². The molecule has 2 aromatic carbocycles. The molecule has 0 bridgehead atoms. The predicted molar refractivity (Wildman–Crippen MR) is 106 cm³/mol. The predicted octanol–water partition coefficient (Wildman–Crippen LogP) is 3.07. The van der Waals surface area contributed by atoms with E-state index in [1.54, 1.807) is 37.1 Å². The van der Waals surface area contributed by atoms with Crippen LogP contribution in [0.5, 0.6) is 17.2 Å². The van der Waals surface area contributed by atoms with Crippen LogP contribution in [0.15, 0.2) is 42.5 Å². The van der Waals surface area contributed by atoms with Crippen LogP contribution in [0.25, 0.3) is 0 Å². The molecule has 1 amide bonds. The lowest BCUT2D eigenvalue weighted by Crippen LogP contribution is -2.46. The summed E-state index contributed by atoms with van der Waals surface area (Å²) in [5.41, 5.74) is 1.71. The fraction of sp³-hybridized carbons (Fsp3) is 0.364. The Labute approximate surface area is 169 Å². The van der Waals surface area contributed by atoms with Crippen LogP contribution in [-0.2, 0) is 16.0 Å². The molecule has 0 saturated carbocycles. The molecule has 1 aliphatic heterocycles. The molecule has 1 N–H and O–H groups in total. The van der Waals surface area contributed by atoms with Crippen LogP contribution < -0.4 is 14.2 Å². The molecular formula is C22H25NO6. The first kappa shape index (κ1) is 20.5. The molecule has 0 aromatic heterocycles. The Kier molecular flexibility index (Phi) is 6.26. The van der Waals surface area contributed by atoms with E-state index in [4.69, 9.17) is 14.2 Å². The van der Waals surface area contributed by atoms with Crippen molar-refractivity contribution in [2.75, 3.05) is 20.8 Å². The van der Waals surface area contributed by atoms with Crippen LogP contribution in [0.4, 0.5) is 0 Å². The molecule has 0 radical (unpaired) electrons. The summed E-state index contributed by atoms with van der Waals surface area (Å²) in [5.74, 6) is 0.449. The highest BCUT2D eigenvalue weighted by molar-refractivity contribution is 5.82. The number of carbonyl (C=O) groups excluding carboxylic acids is 1. The van der Waals surface area contributed by atoms with E-state index in [0.717, 1.165) is 11.1 Å². The molecule has 7 heteroatoms. The zero-order valence-corrected chi connectivity index (χ0v) is 16.8. The zero-order chi connectivity index (χ0) is 21.0. The van der Waals surface area contributed by atoms with Crippen LogP contribution in [0.3, 0.4) is 0 Å². The number of carboxylic acid groups (broad SMARTS) is 1. The number of nitrogens with zero attached hydrogens (tertiary/aromatic N) is 1. The first-order chi connectivity index (χ1) is 13.9. The molecule has 2 atom stereocenters. The number of ether oxygens (including phenoxy) is 3. The summed E-state index contributed by atoms with van der Waals surface area (Å²) in [6.07, 6.45) is -0.350. The van der Waals surface area contributed by atoms with Gasteiger partial charge in [0.15, 0.2) is 17.6 Å². The van der Waals surface area contributed by atoms with Crippen molar-refractivity contribution in [3.8, 4) is 17.2 Å². The quantitative estimate of drug-likeness (QED) is 0.770. The molecule has 2 unspecified atom stereocenters. The average molecular weight is 399 g/mol. The summed E-state index contributed by atoms with van der Waals surface area (Å²) in [5, 5.41) is 9.47. The number of para-hydroxylation sites is 1. The maximum Gasteiger partial charge on any atom is 0.305 e. The normalized spacial score (nSPS) is 16.5. The molecule has 154 valence electrons. The molecule has 0 fully saturated rings. The molecule has 0 spiro atoms. The van der Waals surface area contributed by atoms with E-state index in [0.29, 0.717) is 30.2 Å². The summed E-state index contributed by atoms with van der Waals surface area (Å²) in [4.78, 5) is 26.3. The number of benzene rings is 2. The monoisotopic (exact) mass is 399 g/mol. The molecule has 29 heavy (non-hydrogen) atoms. The van der Waals surface area contributed by atoms with Crippen molar-refractivity contribution in [1.82, 2.24) is 4.90 Å². The highest BCUT2D eigenvalue weighted by atomic mass is 16.5. The summed E-state index contributed by atoms with van der Waals surface area (Å²) >= 11 is 0. The molecule has 0 saturated heterocycles. The largest absolute Gasteiger partial charge is 0.493 e. The van der Waals surface area contributed by atoms with Gasteiger partial charge in [0.2, 0.25) is 0 Å². The Hall–Kier alpha value is -3.22. The molecule has 1 heterocycles. The second-order valence-corrected chi connectivity index (χ2v) is 6.87. The summed E-state index contributed by atoms with van der Waals surface area (Å²) in [7, 11) is 3.08. The third-order valence-electron chi connectivity index (χ3n) is 5.06. The number of rotatable bonds is 7. The van der Waals surface area contributed by atoms with E-state index in [2.05, 4.69) is 0 Å². The standard InChI is InChI=1S/C22H25NO6/c1-14(29-16-7-5-4-6-8-16)22(26)23-10-9-15-11-19(27-2)20(28-3)12-17(15)18(23)13-21(24)25/h4-8,11-12,14,18H,9-10,13H2,1-3H3,(H,24,25). The Morgan fingerprint density at radius 2 is 1.79 bits per heavy atom. The number of methoxy groups -OCH3 is 2. The molecular weight excluding hydrogens is 374 g/mol. The molecule has 7 nitrogen and oxygen atoms in total. The Balaban J connectivity index is 1.90. The average Bonchev–Trinajstić information content (AvgIpc) is 2.72. The summed E-state index contributed by atoms with van der Waals surface area (Å²) in [6.45, 7) is 2.08. The van der Waals surface area contributed by atoms with Gasteiger partial charge in [0.25, 0.3) is 5.91 Å². The van der Waals surface area contributed by atoms with Gasteiger partial charge in [-0.2, -0.15) is 0 Å². The van der Waals surface area contributed by atoms with Gasteiger partial charge in [-0.1, -0.05) is 18.2 Å². The first-order valence-corrected chi connectivity index (χ1v) is 9.43. The second-order valence-electron chi connectivity index (χ2n) is 6.87. The van der Waals surface area contributed by atoms with Gasteiger partial charge in [0.05, 0.1) is 26.7 Å². The maximum atomic E-state index is 13.1. The van der Waals surface area contributed by atoms with Crippen LogP contribution in [0.1, 0.15) is 30.5 Å². The Bertz CT molecular complexity index is 882. The highest BCUT2D eigenvalue weighted by Gasteiger charge is 2.36. The van der Waals surface area contributed by atoms with Gasteiger partial charge in [-0.3, -0.25) is 9.59 Å². The number of fused-ring (bicyclic) bond motifs is 1. The van der Waals surface area contributed by atoms with Crippen molar-refractivity contribution >= 4 is 11.9 Å². The van der Waals surface area contributed by atoms with Crippen LogP contribution in [-0.4, -0.2) is 48.8 Å². The zero-order valence-electron chi connectivity index (χ0n) is 16.8. The van der Waals surface area contributed by atoms with Crippen molar-refractivity contribution in [3.05, 3.63) is 53.6 Å². The van der Waals surface area contributed by atoms with Crippen LogP contribution >= 0.6 is 0 Å². The SMILES string of the molecule is COc1cc2c(cc1OC)C(CC(=O)O)N(C(=O)C(C)Oc1ccccc1)CC2. The molecule has 1 aliphatic rings. The third kappa shape index (κ3) is 4.45. The van der Waals surface area contributed by atoms with Crippen molar-refractivity contribution in [2.45, 2.75) is 31.9 Å². The third-order valence-corrected chi connectivity index (χ3v) is 5.06. The molecule has 2 aromatic rings. The van der Waals surface area contributed by atoms with Gasteiger partial charge in [-0.25, -0.2) is 0 Å². The van der Waals surface area contributed by atoms with Gasteiger partial charge in [-0.15, -0.1) is 0 Å². The number of hydrogen-bond acceptors (Lipinski definition) is 5. The van der Waals surface area contributed by atoms with Gasteiger partial charge < -0.3 is 24.2 Å². The van der Waals surface area contributed by atoms with E-state index < -0.39 is 18.1 Å². The van der Waals surface area contributed by atoms with Gasteiger partial charge in [0.1, 0.15) is 5.75 Å². The Morgan fingerprint density at radius 3 is 2.41 bits per heavy atom. The fourth-order valence-corrected chi connectivity index (χ4v) is 3.66. The number of carboxylic acids is 1. The smallest absolute Gasteiger partial charge is 0.305 e. The summed E-state index contributed by atoms with van der Waals surface area (Å²) in [6, 6.07) is 12.1. The first-order valence-electron chi connectivity index (χ1n) is 9.43. The topological polar surface area (TPSA) is 85.3 Å². The van der Waals surface area contributed by atoms with E-state index in [1.807, 2.05) is 24.3 Å². The van der Waals surface area contributed by atoms with E-state index in [-0.39, 0.29) is 12.3 Å². The molecule has 3 rings (SSSR count). The van der Waals surface area contributed by atoms with Crippen molar-refractivity contribution in [3.63, 3.8) is 0 Å². The Morgan fingerprint density at radius 1 is 1.14 bits per heavy atom. The lowest BCUT2D eigenvalue weighted by atomic mass is 9.89. The van der Waals surface area contributed by atoms with Gasteiger partial charge in [0, 0.05) is 6.54 Å². The van der Waals surface area contributed by atoms with Crippen molar-refractivity contribution < 1.29 is 28.9 Å². The number of amides is 1. The fourth-order valence-electron chi connectivity index (χ4n) is 3.66. The van der Waals surface area contributed by atoms with Crippen LogP contribution in [0, 0.1) is 0 Å². The second kappa shape index (κ2) is 8.86. The number of carbonyl (C=O) groups is 2. The maximum absolute atomic E-state index is 13.1. The minimum absolute atomic E-state index is 0.202. The van der Waals surface area contributed by atoms with E-state index in [9.17, 15) is 14.7 Å². The van der Waals surface area contributed by atoms with Gasteiger partial charge >= 0.3 is 5.97 Å². The van der Waals surface area contributed by atoms with E-state index >= 15 is 0 Å². The summed E-state index contributed by atoms with van der Waals surface area (Å²) < 4.78 is 16.5. The van der Waals surface area contributed by atoms with Crippen molar-refractivity contribution in [2.24, 2.45) is 0 Å². The van der Waals surface area contributed by atoms with E-state index in [1.165, 1.54) is 7.11 Å². The van der Waals surface area contributed by atoms with Crippen molar-refractivity contribution in [1.29, 1.82) is 0 Å². The minimum Gasteiger partial charge on any atom is -0.493 e. The number of hydrogen-bond donors (Lipinski definition) is 1.